The van der Waals surface area contributed by atoms with Crippen molar-refractivity contribution in [2.75, 3.05) is 0 Å². The van der Waals surface area contributed by atoms with E-state index in [4.69, 9.17) is 8.83 Å². The molecule has 0 unspecified atom stereocenters. The molecule has 0 saturated carbocycles. The van der Waals surface area contributed by atoms with Crippen LogP contribution in [0.15, 0.2) is 227 Å². The molecule has 374 valence electrons. The quantitative estimate of drug-likeness (QED) is 0.176. The molecular formula is C77H54O2. The predicted octanol–water partition coefficient (Wildman–Crippen LogP) is 21.4. The highest BCUT2D eigenvalue weighted by molar-refractivity contribution is 6.17. The summed E-state index contributed by atoms with van der Waals surface area (Å²) in [5, 5.41) is 12.1. The third-order valence-corrected chi connectivity index (χ3v) is 19.1. The SMILES string of the molecule is CC1(C)c2cc3c(cc2-c2cc4c(cc21)-c1c(cc(-c2cc5c(cc(-c6ccccc6)c6ccccc65)o2)c2ccccc12)C4(C)C)C(C)(C)c1cc(-c2cc4c(cc(-c5ccccc5)c5ccccc54)o2)c2ccccc2c1-3. The van der Waals surface area contributed by atoms with Gasteiger partial charge in [0.05, 0.1) is 0 Å². The minimum Gasteiger partial charge on any atom is -0.456 e. The maximum absolute atomic E-state index is 7.04. The molecule has 0 amide bonds. The molecule has 2 heteroatoms. The first kappa shape index (κ1) is 44.8. The first-order valence-electron chi connectivity index (χ1n) is 28.0. The van der Waals surface area contributed by atoms with Gasteiger partial charge in [0, 0.05) is 38.1 Å². The van der Waals surface area contributed by atoms with E-state index in [9.17, 15) is 0 Å². The minimum absolute atomic E-state index is 0.245. The molecule has 17 rings (SSSR count). The molecule has 79 heavy (non-hydrogen) atoms. The monoisotopic (exact) mass is 1010 g/mol. The molecular weight excluding hydrogens is 957 g/mol. The summed E-state index contributed by atoms with van der Waals surface area (Å²) in [5.41, 5.74) is 24.3. The van der Waals surface area contributed by atoms with Crippen LogP contribution in [0.1, 0.15) is 74.9 Å². The Kier molecular flexibility index (Phi) is 8.79. The maximum atomic E-state index is 7.04. The van der Waals surface area contributed by atoms with E-state index in [-0.39, 0.29) is 16.2 Å². The molecule has 0 fully saturated rings. The van der Waals surface area contributed by atoms with Gasteiger partial charge in [-0.15, -0.1) is 0 Å². The van der Waals surface area contributed by atoms with Crippen molar-refractivity contribution in [3.63, 3.8) is 0 Å². The van der Waals surface area contributed by atoms with Crippen LogP contribution in [0.25, 0.3) is 143 Å². The number of benzene rings is 12. The van der Waals surface area contributed by atoms with Crippen molar-refractivity contribution in [2.45, 2.75) is 57.8 Å². The molecule has 0 spiro atoms. The summed E-state index contributed by atoms with van der Waals surface area (Å²) < 4.78 is 14.1. The summed E-state index contributed by atoms with van der Waals surface area (Å²) in [7, 11) is 0. The standard InChI is InChI=1S/C77H54O2/c1-75(2)63-37-61-65(76(3,4)67-35-57(49-29-17-19-31-51(49)73(61)67)71-41-59-47-27-15-13-25-45(47)53(39-69(59)78-71)43-21-9-7-10-22-43)33-55(63)56-34-66-62(38-64(56)75)74-52-32-20-18-30-50(52)58(36-68(74)77(66,5)6)72-42-60-48-28-16-14-26-46(48)54(40-70(60)79-72)44-23-11-8-12-24-44/h7-42H,1-6H3. The van der Waals surface area contributed by atoms with E-state index in [1.54, 1.807) is 0 Å². The average Bonchev–Trinajstić information content (AvgIpc) is 2.59. The highest BCUT2D eigenvalue weighted by Gasteiger charge is 2.46. The van der Waals surface area contributed by atoms with E-state index in [1.165, 1.54) is 132 Å². The molecule has 14 aromatic rings. The van der Waals surface area contributed by atoms with Crippen LogP contribution in [0.5, 0.6) is 0 Å². The van der Waals surface area contributed by atoms with Crippen molar-refractivity contribution in [1.82, 2.24) is 0 Å². The van der Waals surface area contributed by atoms with Crippen molar-refractivity contribution >= 4 is 65.0 Å². The van der Waals surface area contributed by atoms with Gasteiger partial charge in [0.25, 0.3) is 0 Å². The van der Waals surface area contributed by atoms with Crippen LogP contribution < -0.4 is 0 Å². The smallest absolute Gasteiger partial charge is 0.136 e. The molecule has 0 aliphatic heterocycles. The Morgan fingerprint density at radius 1 is 0.228 bits per heavy atom. The highest BCUT2D eigenvalue weighted by Crippen LogP contribution is 2.62. The lowest BCUT2D eigenvalue weighted by Crippen LogP contribution is -2.17. The number of hydrogen-bond acceptors (Lipinski definition) is 2. The highest BCUT2D eigenvalue weighted by atomic mass is 16.3. The van der Waals surface area contributed by atoms with Crippen molar-refractivity contribution < 1.29 is 8.83 Å². The van der Waals surface area contributed by atoms with Crippen LogP contribution in [0.3, 0.4) is 0 Å². The van der Waals surface area contributed by atoms with E-state index < -0.39 is 0 Å². The zero-order chi connectivity index (χ0) is 52.8. The Morgan fingerprint density at radius 3 is 0.911 bits per heavy atom. The summed E-state index contributed by atoms with van der Waals surface area (Å²) in [6, 6.07) is 81.2. The van der Waals surface area contributed by atoms with E-state index >= 15 is 0 Å². The largest absolute Gasteiger partial charge is 0.456 e. The maximum Gasteiger partial charge on any atom is 0.136 e. The number of hydrogen-bond donors (Lipinski definition) is 0. The van der Waals surface area contributed by atoms with Crippen LogP contribution in [0, 0.1) is 0 Å². The van der Waals surface area contributed by atoms with Gasteiger partial charge in [0.1, 0.15) is 22.7 Å². The van der Waals surface area contributed by atoms with Gasteiger partial charge in [-0.25, -0.2) is 0 Å². The van der Waals surface area contributed by atoms with Gasteiger partial charge in [-0.05, 0) is 193 Å². The van der Waals surface area contributed by atoms with E-state index in [0.717, 1.165) is 44.6 Å². The molecule has 0 saturated heterocycles. The van der Waals surface area contributed by atoms with E-state index in [1.807, 2.05) is 0 Å². The first-order valence-corrected chi connectivity index (χ1v) is 28.0. The Hall–Kier alpha value is -9.24. The van der Waals surface area contributed by atoms with Gasteiger partial charge < -0.3 is 8.83 Å². The van der Waals surface area contributed by atoms with E-state index in [0.29, 0.717) is 0 Å². The van der Waals surface area contributed by atoms with Crippen molar-refractivity contribution in [3.05, 3.63) is 252 Å². The zero-order valence-electron chi connectivity index (χ0n) is 45.1. The Morgan fingerprint density at radius 2 is 0.519 bits per heavy atom. The molecule has 2 heterocycles. The van der Waals surface area contributed by atoms with Crippen LogP contribution in [-0.2, 0) is 16.2 Å². The molecule has 0 N–H and O–H groups in total. The topological polar surface area (TPSA) is 26.3 Å². The summed E-state index contributed by atoms with van der Waals surface area (Å²) in [6.07, 6.45) is 0. The summed E-state index contributed by atoms with van der Waals surface area (Å²) >= 11 is 0. The fourth-order valence-corrected chi connectivity index (χ4v) is 15.0. The molecule has 2 aromatic heterocycles. The molecule has 3 aliphatic carbocycles. The molecule has 0 atom stereocenters. The number of fused-ring (bicyclic) bond motifs is 19. The second-order valence-corrected chi connectivity index (χ2v) is 24.3. The molecule has 0 radical (unpaired) electrons. The molecule has 0 bridgehead atoms. The lowest BCUT2D eigenvalue weighted by molar-refractivity contribution is 0.630. The molecule has 3 aliphatic rings. The first-order chi connectivity index (χ1) is 38.4. The van der Waals surface area contributed by atoms with Crippen LogP contribution in [0.2, 0.25) is 0 Å². The predicted molar refractivity (Wildman–Crippen MR) is 330 cm³/mol. The average molecular weight is 1010 g/mol. The summed E-state index contributed by atoms with van der Waals surface area (Å²) in [4.78, 5) is 0. The van der Waals surface area contributed by atoms with Gasteiger partial charge in [-0.1, -0.05) is 199 Å². The summed E-state index contributed by atoms with van der Waals surface area (Å²) in [5.74, 6) is 1.80. The second kappa shape index (κ2) is 15.5. The molecule has 12 aromatic carbocycles. The van der Waals surface area contributed by atoms with Crippen LogP contribution in [0.4, 0.5) is 0 Å². The third kappa shape index (κ3) is 5.96. The van der Waals surface area contributed by atoms with Gasteiger partial charge >= 0.3 is 0 Å². The normalized spacial score (nSPS) is 15.0. The van der Waals surface area contributed by atoms with Crippen LogP contribution >= 0.6 is 0 Å². The summed E-state index contributed by atoms with van der Waals surface area (Å²) in [6.45, 7) is 14.6. The lowest BCUT2D eigenvalue weighted by atomic mass is 9.78. The number of rotatable bonds is 4. The second-order valence-electron chi connectivity index (χ2n) is 24.3. The zero-order valence-corrected chi connectivity index (χ0v) is 45.1. The Bertz CT molecular complexity index is 4700. The van der Waals surface area contributed by atoms with Crippen molar-refractivity contribution in [2.24, 2.45) is 0 Å². The van der Waals surface area contributed by atoms with Crippen molar-refractivity contribution in [3.8, 4) is 78.3 Å². The van der Waals surface area contributed by atoms with Gasteiger partial charge in [0.15, 0.2) is 0 Å². The van der Waals surface area contributed by atoms with Crippen molar-refractivity contribution in [1.29, 1.82) is 0 Å². The third-order valence-electron chi connectivity index (χ3n) is 19.1. The fourth-order valence-electron chi connectivity index (χ4n) is 15.0. The Balaban J connectivity index is 0.803. The van der Waals surface area contributed by atoms with Gasteiger partial charge in [-0.2, -0.15) is 0 Å². The minimum atomic E-state index is -0.280. The van der Waals surface area contributed by atoms with Gasteiger partial charge in [-0.3, -0.25) is 0 Å². The Labute approximate surface area is 459 Å². The molecule has 2 nitrogen and oxygen atoms in total. The van der Waals surface area contributed by atoms with E-state index in [2.05, 4.69) is 260 Å². The lowest BCUT2D eigenvalue weighted by Gasteiger charge is -2.25. The fraction of sp³-hybridized carbons (Fsp3) is 0.117. The van der Waals surface area contributed by atoms with Gasteiger partial charge in [0.2, 0.25) is 0 Å². The van der Waals surface area contributed by atoms with Crippen LogP contribution in [-0.4, -0.2) is 0 Å². The number of furan rings is 2.